The predicted octanol–water partition coefficient (Wildman–Crippen LogP) is 5.21. The quantitative estimate of drug-likeness (QED) is 0.269. The van der Waals surface area contributed by atoms with Crippen LogP contribution >= 0.6 is 22.9 Å². The lowest BCUT2D eigenvalue weighted by atomic mass is 9.99. The van der Waals surface area contributed by atoms with Gasteiger partial charge in [0, 0.05) is 41.2 Å². The summed E-state index contributed by atoms with van der Waals surface area (Å²) in [4.78, 5) is 32.8. The van der Waals surface area contributed by atoms with Crippen LogP contribution in [0.1, 0.15) is 66.5 Å². The van der Waals surface area contributed by atoms with Gasteiger partial charge in [-0.1, -0.05) is 23.7 Å². The maximum atomic E-state index is 13.1. The van der Waals surface area contributed by atoms with Gasteiger partial charge >= 0.3 is 6.09 Å². The molecule has 1 aromatic carbocycles. The first-order valence-electron chi connectivity index (χ1n) is 14.6. The van der Waals surface area contributed by atoms with Gasteiger partial charge in [-0.05, 0) is 59.2 Å². The van der Waals surface area contributed by atoms with Gasteiger partial charge in [0.15, 0.2) is 5.82 Å². The van der Waals surface area contributed by atoms with Crippen LogP contribution in [-0.4, -0.2) is 89.5 Å². The molecule has 3 aromatic rings. The fourth-order valence-corrected chi connectivity index (χ4v) is 5.94. The van der Waals surface area contributed by atoms with Crippen LogP contribution in [0.4, 0.5) is 4.79 Å². The molecule has 0 fully saturated rings. The summed E-state index contributed by atoms with van der Waals surface area (Å²) in [5.41, 5.74) is 3.35. The highest BCUT2D eigenvalue weighted by molar-refractivity contribution is 7.15. The summed E-state index contributed by atoms with van der Waals surface area (Å²) in [7, 11) is 1.67. The van der Waals surface area contributed by atoms with Crippen molar-refractivity contribution < 1.29 is 23.8 Å². The Labute approximate surface area is 267 Å². The van der Waals surface area contributed by atoms with E-state index in [0.29, 0.717) is 50.4 Å². The molecule has 1 N–H and O–H groups in total. The first-order valence-corrected chi connectivity index (χ1v) is 15.8. The van der Waals surface area contributed by atoms with Gasteiger partial charge in [-0.15, -0.1) is 21.5 Å². The van der Waals surface area contributed by atoms with E-state index in [4.69, 9.17) is 30.8 Å². The average Bonchev–Trinajstić information content (AvgIpc) is 3.43. The number of nitrogens with zero attached hydrogens (tertiary/aromatic N) is 5. The highest BCUT2D eigenvalue weighted by Crippen LogP contribution is 2.39. The summed E-state index contributed by atoms with van der Waals surface area (Å²) in [5.74, 6) is 1.21. The monoisotopic (exact) mass is 644 g/mol. The number of aliphatic imine (C=N–C) groups is 1. The Hall–Kier alpha value is -3.32. The zero-order valence-corrected chi connectivity index (χ0v) is 28.0. The Balaban J connectivity index is 1.30. The first-order chi connectivity index (χ1) is 20.9. The van der Waals surface area contributed by atoms with Gasteiger partial charge in [0.2, 0.25) is 5.91 Å². The number of benzene rings is 1. The number of aryl methyl sites for hydroxylation is 2. The summed E-state index contributed by atoms with van der Waals surface area (Å²) in [5, 5.41) is 13.4. The molecule has 0 bridgehead atoms. The van der Waals surface area contributed by atoms with Gasteiger partial charge in [0.1, 0.15) is 22.5 Å². The molecular weight excluding hydrogens is 604 g/mol. The van der Waals surface area contributed by atoms with Crippen LogP contribution in [0.15, 0.2) is 29.3 Å². The van der Waals surface area contributed by atoms with E-state index in [9.17, 15) is 9.59 Å². The van der Waals surface area contributed by atoms with E-state index < -0.39 is 11.6 Å². The van der Waals surface area contributed by atoms with Crippen LogP contribution < -0.4 is 5.32 Å². The summed E-state index contributed by atoms with van der Waals surface area (Å²) in [6.45, 7) is 13.8. The summed E-state index contributed by atoms with van der Waals surface area (Å²) in [6, 6.07) is 7.06. The van der Waals surface area contributed by atoms with Gasteiger partial charge in [-0.25, -0.2) is 4.79 Å². The minimum absolute atomic E-state index is 0.108. The molecule has 4 rings (SSSR count). The van der Waals surface area contributed by atoms with Gasteiger partial charge < -0.3 is 24.4 Å². The third-order valence-corrected chi connectivity index (χ3v) is 8.40. The lowest BCUT2D eigenvalue weighted by Gasteiger charge is -2.24. The standard InChI is InChI=1S/C31H41ClN6O5S/c1-19-20(2)44-29-26(19)27(22-8-10-23(32)11-9-22)34-24(28-36-35-21(3)38(28)29)18-25(39)33-12-14-41-16-17-42-15-13-37(7)30(40)43-31(4,5)6/h8-11,24H,12-18H2,1-7H3,(H,33,39)/t24-/m0/s1. The van der Waals surface area contributed by atoms with E-state index in [-0.39, 0.29) is 18.4 Å². The molecule has 44 heavy (non-hydrogen) atoms. The van der Waals surface area contributed by atoms with Crippen molar-refractivity contribution in [1.82, 2.24) is 25.0 Å². The van der Waals surface area contributed by atoms with E-state index in [1.165, 1.54) is 9.78 Å². The molecule has 0 saturated carbocycles. The van der Waals surface area contributed by atoms with Crippen LogP contribution in [0, 0.1) is 20.8 Å². The van der Waals surface area contributed by atoms with E-state index in [1.54, 1.807) is 18.4 Å². The van der Waals surface area contributed by atoms with Crippen LogP contribution in [0.25, 0.3) is 5.00 Å². The molecule has 1 aliphatic heterocycles. The molecule has 0 aliphatic carbocycles. The van der Waals surface area contributed by atoms with Gasteiger partial charge in [-0.3, -0.25) is 14.4 Å². The minimum Gasteiger partial charge on any atom is -0.444 e. The zero-order chi connectivity index (χ0) is 32.0. The van der Waals surface area contributed by atoms with Gasteiger partial charge in [-0.2, -0.15) is 0 Å². The van der Waals surface area contributed by atoms with Crippen molar-refractivity contribution in [1.29, 1.82) is 0 Å². The number of likely N-dealkylation sites (N-methyl/N-ethyl adjacent to an activating group) is 1. The van der Waals surface area contributed by atoms with E-state index in [2.05, 4.69) is 29.4 Å². The highest BCUT2D eigenvalue weighted by atomic mass is 35.5. The molecule has 1 aliphatic rings. The Bertz CT molecular complexity index is 1490. The van der Waals surface area contributed by atoms with Crippen molar-refractivity contribution in [2.75, 3.05) is 46.6 Å². The molecule has 13 heteroatoms. The molecule has 1 atom stereocenters. The number of amides is 2. The fourth-order valence-electron chi connectivity index (χ4n) is 4.60. The SMILES string of the molecule is Cc1sc2c(c1C)C(c1ccc(Cl)cc1)=N[C@@H](CC(=O)NCCOCCOCCN(C)C(=O)OC(C)(C)C)c1nnc(C)n1-2. The lowest BCUT2D eigenvalue weighted by Crippen LogP contribution is -2.36. The molecule has 0 unspecified atom stereocenters. The number of carbonyl (C=O) groups is 2. The Kier molecular flexibility index (Phi) is 11.2. The van der Waals surface area contributed by atoms with Crippen LogP contribution in [0.5, 0.6) is 0 Å². The summed E-state index contributed by atoms with van der Waals surface area (Å²) in [6.07, 6.45) is -0.281. The molecule has 2 amide bonds. The largest absolute Gasteiger partial charge is 0.444 e. The first kappa shape index (κ1) is 33.6. The number of thiophene rings is 1. The van der Waals surface area contributed by atoms with Crippen molar-refractivity contribution in [3.05, 3.63) is 62.5 Å². The number of rotatable bonds is 12. The number of carbonyl (C=O) groups excluding carboxylic acids is 2. The number of nitrogens with one attached hydrogen (secondary N) is 1. The van der Waals surface area contributed by atoms with Crippen molar-refractivity contribution in [2.24, 2.45) is 4.99 Å². The summed E-state index contributed by atoms with van der Waals surface area (Å²) < 4.78 is 18.5. The maximum absolute atomic E-state index is 13.1. The minimum atomic E-state index is -0.538. The molecule has 3 heterocycles. The number of aromatic nitrogens is 3. The third kappa shape index (κ3) is 8.44. The number of hydrogen-bond acceptors (Lipinski definition) is 9. The fraction of sp³-hybridized carbons (Fsp3) is 0.516. The maximum Gasteiger partial charge on any atom is 0.410 e. The molecular formula is C31H41ClN6O5S. The Morgan fingerprint density at radius 2 is 1.73 bits per heavy atom. The average molecular weight is 645 g/mol. The van der Waals surface area contributed by atoms with E-state index in [1.807, 2.05) is 56.5 Å². The number of hydrogen-bond donors (Lipinski definition) is 1. The number of halogens is 1. The predicted molar refractivity (Wildman–Crippen MR) is 171 cm³/mol. The van der Waals surface area contributed by atoms with Gasteiger partial charge in [0.25, 0.3) is 0 Å². The van der Waals surface area contributed by atoms with Crippen LogP contribution in [-0.2, 0) is 19.0 Å². The molecule has 0 spiro atoms. The second-order valence-corrected chi connectivity index (χ2v) is 13.2. The topological polar surface area (TPSA) is 120 Å². The second-order valence-electron chi connectivity index (χ2n) is 11.6. The number of ether oxygens (including phenoxy) is 3. The van der Waals surface area contributed by atoms with Crippen LogP contribution in [0.3, 0.4) is 0 Å². The molecule has 2 aromatic heterocycles. The van der Waals surface area contributed by atoms with E-state index >= 15 is 0 Å². The molecule has 0 radical (unpaired) electrons. The number of fused-ring (bicyclic) bond motifs is 3. The summed E-state index contributed by atoms with van der Waals surface area (Å²) >= 11 is 7.86. The van der Waals surface area contributed by atoms with Crippen molar-refractivity contribution >= 4 is 40.6 Å². The second kappa shape index (κ2) is 14.6. The van der Waals surface area contributed by atoms with E-state index in [0.717, 1.165) is 33.2 Å². The highest BCUT2D eigenvalue weighted by Gasteiger charge is 2.32. The molecule has 0 saturated heterocycles. The van der Waals surface area contributed by atoms with Gasteiger partial charge in [0.05, 0.1) is 38.6 Å². The van der Waals surface area contributed by atoms with Crippen molar-refractivity contribution in [2.45, 2.75) is 59.6 Å². The van der Waals surface area contributed by atoms with Crippen molar-refractivity contribution in [3.8, 4) is 5.00 Å². The molecule has 238 valence electrons. The molecule has 11 nitrogen and oxygen atoms in total. The van der Waals surface area contributed by atoms with Crippen molar-refractivity contribution in [3.63, 3.8) is 0 Å². The smallest absolute Gasteiger partial charge is 0.410 e. The Morgan fingerprint density at radius 3 is 2.41 bits per heavy atom. The van der Waals surface area contributed by atoms with Crippen LogP contribution in [0.2, 0.25) is 5.02 Å². The lowest BCUT2D eigenvalue weighted by molar-refractivity contribution is -0.121. The Morgan fingerprint density at radius 1 is 1.05 bits per heavy atom. The normalized spacial score (nSPS) is 14.4. The zero-order valence-electron chi connectivity index (χ0n) is 26.4. The third-order valence-electron chi connectivity index (χ3n) is 6.95.